The van der Waals surface area contributed by atoms with Crippen molar-refractivity contribution in [3.05, 3.63) is 82.6 Å². The third-order valence-corrected chi connectivity index (χ3v) is 4.25. The van der Waals surface area contributed by atoms with E-state index in [4.69, 9.17) is 16.3 Å². The molecular weight excluding hydrogens is 378 g/mol. The lowest BCUT2D eigenvalue weighted by Crippen LogP contribution is -2.18. The minimum Gasteiger partial charge on any atom is -0.497 e. The van der Waals surface area contributed by atoms with Crippen LogP contribution in [-0.4, -0.2) is 23.9 Å². The van der Waals surface area contributed by atoms with Crippen LogP contribution >= 0.6 is 11.6 Å². The lowest BCUT2D eigenvalue weighted by molar-refractivity contribution is 0.101. The Labute approximate surface area is 167 Å². The third-order valence-electron chi connectivity index (χ3n) is 4.01. The van der Waals surface area contributed by atoms with Crippen LogP contribution in [0.5, 0.6) is 5.75 Å². The Kier molecular flexibility index (Phi) is 5.91. The molecule has 2 aromatic carbocycles. The highest BCUT2D eigenvalue weighted by Gasteiger charge is 2.14. The van der Waals surface area contributed by atoms with Crippen LogP contribution in [-0.2, 0) is 0 Å². The Morgan fingerprint density at radius 2 is 1.57 bits per heavy atom. The molecule has 2 amide bonds. The van der Waals surface area contributed by atoms with E-state index in [0.717, 1.165) is 5.56 Å². The number of ether oxygens (including phenoxy) is 1. The van der Waals surface area contributed by atoms with Crippen LogP contribution in [0.2, 0.25) is 5.02 Å². The number of nitrogens with one attached hydrogen (secondary N) is 2. The van der Waals surface area contributed by atoms with E-state index in [9.17, 15) is 9.59 Å². The second-order valence-corrected chi connectivity index (χ2v) is 6.44. The first-order valence-electron chi connectivity index (χ1n) is 8.46. The van der Waals surface area contributed by atoms with Gasteiger partial charge in [-0.2, -0.15) is 0 Å². The fourth-order valence-electron chi connectivity index (χ4n) is 2.47. The van der Waals surface area contributed by atoms with Gasteiger partial charge in [-0.1, -0.05) is 23.7 Å². The van der Waals surface area contributed by atoms with Crippen LogP contribution in [0.15, 0.2) is 60.7 Å². The molecule has 0 saturated heterocycles. The molecule has 3 rings (SSSR count). The maximum absolute atomic E-state index is 12.5. The number of carbonyl (C=O) groups excluding carboxylic acids is 2. The Morgan fingerprint density at radius 3 is 2.21 bits per heavy atom. The smallest absolute Gasteiger partial charge is 0.274 e. The molecule has 2 N–H and O–H groups in total. The molecule has 0 saturated carbocycles. The van der Waals surface area contributed by atoms with Crippen molar-refractivity contribution in [2.75, 3.05) is 17.7 Å². The number of methoxy groups -OCH3 is 1. The molecule has 28 heavy (non-hydrogen) atoms. The highest BCUT2D eigenvalue weighted by molar-refractivity contribution is 6.31. The van der Waals surface area contributed by atoms with Gasteiger partial charge in [0.05, 0.1) is 7.11 Å². The topological polar surface area (TPSA) is 80.3 Å². The number of rotatable bonds is 5. The summed E-state index contributed by atoms with van der Waals surface area (Å²) >= 11 is 5.98. The number of benzene rings is 2. The van der Waals surface area contributed by atoms with Crippen LogP contribution in [0.4, 0.5) is 11.4 Å². The molecule has 1 aromatic heterocycles. The van der Waals surface area contributed by atoms with Gasteiger partial charge in [0.25, 0.3) is 11.8 Å². The number of pyridine rings is 1. The number of hydrogen-bond acceptors (Lipinski definition) is 4. The molecule has 0 bridgehead atoms. The summed E-state index contributed by atoms with van der Waals surface area (Å²) in [5.41, 5.74) is 2.31. The molecule has 0 fully saturated rings. The average Bonchev–Trinajstić information content (AvgIpc) is 2.71. The predicted molar refractivity (Wildman–Crippen MR) is 109 cm³/mol. The normalized spacial score (nSPS) is 10.2. The number of aryl methyl sites for hydroxylation is 1. The second kappa shape index (κ2) is 8.54. The van der Waals surface area contributed by atoms with Gasteiger partial charge in [0, 0.05) is 16.4 Å². The summed E-state index contributed by atoms with van der Waals surface area (Å²) in [6, 6.07) is 16.8. The van der Waals surface area contributed by atoms with Crippen molar-refractivity contribution >= 4 is 34.8 Å². The molecule has 0 aliphatic rings. The standard InChI is InChI=1S/C21H18ClN3O3/c1-13-6-7-14(22)12-19(13)25-21(27)18-5-3-4-17(24-18)20(26)23-15-8-10-16(28-2)11-9-15/h3-12H,1-2H3,(H,23,26)(H,25,27). The zero-order chi connectivity index (χ0) is 20.1. The van der Waals surface area contributed by atoms with Crippen molar-refractivity contribution in [2.45, 2.75) is 6.92 Å². The van der Waals surface area contributed by atoms with Crippen molar-refractivity contribution in [3.63, 3.8) is 0 Å². The summed E-state index contributed by atoms with van der Waals surface area (Å²) in [7, 11) is 1.57. The number of hydrogen-bond donors (Lipinski definition) is 2. The Balaban J connectivity index is 1.74. The first-order valence-corrected chi connectivity index (χ1v) is 8.84. The van der Waals surface area contributed by atoms with Gasteiger partial charge in [0.2, 0.25) is 0 Å². The van der Waals surface area contributed by atoms with E-state index in [2.05, 4.69) is 15.6 Å². The minimum absolute atomic E-state index is 0.127. The highest BCUT2D eigenvalue weighted by atomic mass is 35.5. The van der Waals surface area contributed by atoms with E-state index >= 15 is 0 Å². The summed E-state index contributed by atoms with van der Waals surface area (Å²) in [6.07, 6.45) is 0. The Bertz CT molecular complexity index is 1020. The largest absolute Gasteiger partial charge is 0.497 e. The van der Waals surface area contributed by atoms with E-state index < -0.39 is 11.8 Å². The van der Waals surface area contributed by atoms with Crippen LogP contribution in [0.3, 0.4) is 0 Å². The van der Waals surface area contributed by atoms with Crippen LogP contribution in [0.25, 0.3) is 0 Å². The van der Waals surface area contributed by atoms with Gasteiger partial charge in [0.15, 0.2) is 0 Å². The Morgan fingerprint density at radius 1 is 0.929 bits per heavy atom. The number of halogens is 1. The molecule has 0 atom stereocenters. The van der Waals surface area contributed by atoms with Crippen molar-refractivity contribution in [1.82, 2.24) is 4.98 Å². The van der Waals surface area contributed by atoms with Crippen molar-refractivity contribution in [1.29, 1.82) is 0 Å². The van der Waals surface area contributed by atoms with Crippen molar-refractivity contribution in [3.8, 4) is 5.75 Å². The lowest BCUT2D eigenvalue weighted by Gasteiger charge is -2.10. The SMILES string of the molecule is COc1ccc(NC(=O)c2cccc(C(=O)Nc3cc(Cl)ccc3C)n2)cc1. The molecule has 6 nitrogen and oxygen atoms in total. The first kappa shape index (κ1) is 19.4. The highest BCUT2D eigenvalue weighted by Crippen LogP contribution is 2.21. The first-order chi connectivity index (χ1) is 13.5. The van der Waals surface area contributed by atoms with Crippen molar-refractivity contribution in [2.24, 2.45) is 0 Å². The summed E-state index contributed by atoms with van der Waals surface area (Å²) in [4.78, 5) is 29.1. The fraction of sp³-hybridized carbons (Fsp3) is 0.0952. The monoisotopic (exact) mass is 395 g/mol. The molecular formula is C21H18ClN3O3. The van der Waals surface area contributed by atoms with Crippen LogP contribution in [0, 0.1) is 6.92 Å². The molecule has 7 heteroatoms. The lowest BCUT2D eigenvalue weighted by atomic mass is 10.2. The molecule has 0 radical (unpaired) electrons. The van der Waals surface area contributed by atoms with Gasteiger partial charge in [0.1, 0.15) is 17.1 Å². The molecule has 0 unspecified atom stereocenters. The molecule has 0 spiro atoms. The summed E-state index contributed by atoms with van der Waals surface area (Å²) in [6.45, 7) is 1.86. The number of aromatic nitrogens is 1. The molecule has 142 valence electrons. The average molecular weight is 396 g/mol. The van der Waals surface area contributed by atoms with Crippen LogP contribution < -0.4 is 15.4 Å². The van der Waals surface area contributed by atoms with E-state index in [-0.39, 0.29) is 11.4 Å². The van der Waals surface area contributed by atoms with E-state index in [1.165, 1.54) is 0 Å². The van der Waals surface area contributed by atoms with E-state index in [0.29, 0.717) is 22.1 Å². The number of amides is 2. The Hall–Kier alpha value is -3.38. The van der Waals surface area contributed by atoms with E-state index in [1.54, 1.807) is 61.7 Å². The van der Waals surface area contributed by atoms with Gasteiger partial charge >= 0.3 is 0 Å². The molecule has 1 heterocycles. The summed E-state index contributed by atoms with van der Waals surface area (Å²) in [5, 5.41) is 6.02. The second-order valence-electron chi connectivity index (χ2n) is 6.00. The molecule has 3 aromatic rings. The predicted octanol–water partition coefficient (Wildman–Crippen LogP) is 4.56. The third kappa shape index (κ3) is 4.66. The maximum atomic E-state index is 12.5. The van der Waals surface area contributed by atoms with Gasteiger partial charge in [-0.05, 0) is 61.0 Å². The molecule has 0 aliphatic carbocycles. The molecule has 0 aliphatic heterocycles. The van der Waals surface area contributed by atoms with Gasteiger partial charge in [-0.15, -0.1) is 0 Å². The summed E-state index contributed by atoms with van der Waals surface area (Å²) in [5.74, 6) is -0.158. The number of carbonyl (C=O) groups is 2. The number of nitrogens with zero attached hydrogens (tertiary/aromatic N) is 1. The summed E-state index contributed by atoms with van der Waals surface area (Å²) < 4.78 is 5.09. The quantitative estimate of drug-likeness (QED) is 0.663. The minimum atomic E-state index is -0.426. The zero-order valence-corrected chi connectivity index (χ0v) is 16.1. The van der Waals surface area contributed by atoms with Crippen molar-refractivity contribution < 1.29 is 14.3 Å². The van der Waals surface area contributed by atoms with E-state index in [1.807, 2.05) is 13.0 Å². The van der Waals surface area contributed by atoms with Gasteiger partial charge in [-0.3, -0.25) is 9.59 Å². The fourth-order valence-corrected chi connectivity index (χ4v) is 2.64. The number of anilines is 2. The maximum Gasteiger partial charge on any atom is 0.274 e. The van der Waals surface area contributed by atoms with Crippen LogP contribution in [0.1, 0.15) is 26.5 Å². The van der Waals surface area contributed by atoms with Gasteiger partial charge in [-0.25, -0.2) is 4.98 Å². The van der Waals surface area contributed by atoms with Gasteiger partial charge < -0.3 is 15.4 Å². The zero-order valence-electron chi connectivity index (χ0n) is 15.3.